The van der Waals surface area contributed by atoms with Gasteiger partial charge in [0.15, 0.2) is 23.1 Å². The van der Waals surface area contributed by atoms with Crippen molar-refractivity contribution in [2.45, 2.75) is 6.61 Å². The fraction of sp³-hybridized carbons (Fsp3) is 0.182. The Balaban J connectivity index is 2.29. The number of aryl methyl sites for hydroxylation is 1. The van der Waals surface area contributed by atoms with Crippen LogP contribution in [-0.2, 0) is 7.05 Å². The van der Waals surface area contributed by atoms with Crippen LogP contribution in [0.3, 0.4) is 0 Å². The lowest BCUT2D eigenvalue weighted by Gasteiger charge is -2.10. The molecule has 0 aliphatic rings. The summed E-state index contributed by atoms with van der Waals surface area (Å²) in [5, 5.41) is 3.86. The highest BCUT2D eigenvalue weighted by atomic mass is 19.3. The molecule has 0 saturated carbocycles. The average molecular weight is 273 g/mol. The van der Waals surface area contributed by atoms with Gasteiger partial charge in [-0.25, -0.2) is 4.39 Å². The van der Waals surface area contributed by atoms with Crippen molar-refractivity contribution in [2.24, 2.45) is 7.05 Å². The van der Waals surface area contributed by atoms with Crippen LogP contribution in [0.25, 0.3) is 0 Å². The zero-order chi connectivity index (χ0) is 14.0. The molecule has 0 atom stereocenters. The SMILES string of the molecule is Cn1cc(Oc2cc(OC(F)F)c(F)cc2N)cn1. The lowest BCUT2D eigenvalue weighted by Crippen LogP contribution is -2.04. The first-order chi connectivity index (χ1) is 8.95. The van der Waals surface area contributed by atoms with E-state index in [2.05, 4.69) is 9.84 Å². The molecular weight excluding hydrogens is 263 g/mol. The first-order valence-corrected chi connectivity index (χ1v) is 5.16. The molecule has 0 aliphatic heterocycles. The van der Waals surface area contributed by atoms with Crippen molar-refractivity contribution in [3.05, 3.63) is 30.3 Å². The summed E-state index contributed by atoms with van der Waals surface area (Å²) in [6.45, 7) is -3.13. The fourth-order valence-electron chi connectivity index (χ4n) is 1.40. The van der Waals surface area contributed by atoms with Gasteiger partial charge in [-0.1, -0.05) is 0 Å². The highest BCUT2D eigenvalue weighted by Gasteiger charge is 2.15. The van der Waals surface area contributed by atoms with Crippen LogP contribution in [0, 0.1) is 5.82 Å². The number of aromatic nitrogens is 2. The van der Waals surface area contributed by atoms with Crippen molar-refractivity contribution in [1.82, 2.24) is 9.78 Å². The molecule has 19 heavy (non-hydrogen) atoms. The van der Waals surface area contributed by atoms with E-state index in [9.17, 15) is 13.2 Å². The quantitative estimate of drug-likeness (QED) is 0.869. The molecule has 0 saturated heterocycles. The standard InChI is InChI=1S/C11H10F3N3O2/c1-17-5-6(4-16-17)18-10-3-9(19-11(13)14)7(12)2-8(10)15/h2-5,11H,15H2,1H3. The van der Waals surface area contributed by atoms with Crippen molar-refractivity contribution < 1.29 is 22.6 Å². The maximum absolute atomic E-state index is 13.3. The number of alkyl halides is 2. The van der Waals surface area contributed by atoms with Gasteiger partial charge in [0.2, 0.25) is 0 Å². The van der Waals surface area contributed by atoms with Crippen LogP contribution in [0.2, 0.25) is 0 Å². The fourth-order valence-corrected chi connectivity index (χ4v) is 1.40. The van der Waals surface area contributed by atoms with Gasteiger partial charge in [0.25, 0.3) is 0 Å². The molecule has 1 aromatic heterocycles. The molecule has 0 bridgehead atoms. The number of benzene rings is 1. The molecule has 102 valence electrons. The van der Waals surface area contributed by atoms with Crippen molar-refractivity contribution in [3.63, 3.8) is 0 Å². The van der Waals surface area contributed by atoms with Crippen LogP contribution < -0.4 is 15.2 Å². The van der Waals surface area contributed by atoms with E-state index in [4.69, 9.17) is 10.5 Å². The summed E-state index contributed by atoms with van der Waals surface area (Å²) < 4.78 is 48.3. The van der Waals surface area contributed by atoms with E-state index in [-0.39, 0.29) is 11.4 Å². The van der Waals surface area contributed by atoms with Crippen LogP contribution >= 0.6 is 0 Å². The number of hydrogen-bond donors (Lipinski definition) is 1. The van der Waals surface area contributed by atoms with Gasteiger partial charge in [0.05, 0.1) is 18.1 Å². The number of nitrogen functional groups attached to an aromatic ring is 1. The van der Waals surface area contributed by atoms with E-state index in [1.54, 1.807) is 7.05 Å². The van der Waals surface area contributed by atoms with Crippen LogP contribution in [-0.4, -0.2) is 16.4 Å². The Labute approximate surface area is 106 Å². The van der Waals surface area contributed by atoms with Gasteiger partial charge in [0.1, 0.15) is 0 Å². The zero-order valence-electron chi connectivity index (χ0n) is 9.81. The van der Waals surface area contributed by atoms with E-state index >= 15 is 0 Å². The summed E-state index contributed by atoms with van der Waals surface area (Å²) in [7, 11) is 1.67. The molecule has 5 nitrogen and oxygen atoms in total. The van der Waals surface area contributed by atoms with Crippen LogP contribution in [0.15, 0.2) is 24.5 Å². The van der Waals surface area contributed by atoms with E-state index in [1.807, 2.05) is 0 Å². The van der Waals surface area contributed by atoms with Crippen molar-refractivity contribution in [1.29, 1.82) is 0 Å². The van der Waals surface area contributed by atoms with Crippen molar-refractivity contribution in [2.75, 3.05) is 5.73 Å². The van der Waals surface area contributed by atoms with Crippen LogP contribution in [0.1, 0.15) is 0 Å². The molecule has 1 heterocycles. The number of nitrogens with two attached hydrogens (primary N) is 1. The lowest BCUT2D eigenvalue weighted by molar-refractivity contribution is -0.0522. The lowest BCUT2D eigenvalue weighted by atomic mass is 10.2. The minimum Gasteiger partial charge on any atom is -0.452 e. The predicted octanol–water partition coefficient (Wildman–Crippen LogP) is 2.54. The van der Waals surface area contributed by atoms with Gasteiger partial charge in [-0.15, -0.1) is 0 Å². The molecule has 0 spiro atoms. The highest BCUT2D eigenvalue weighted by Crippen LogP contribution is 2.33. The number of rotatable bonds is 4. The summed E-state index contributed by atoms with van der Waals surface area (Å²) in [5.74, 6) is -1.28. The maximum Gasteiger partial charge on any atom is 0.387 e. The maximum atomic E-state index is 13.3. The number of ether oxygens (including phenoxy) is 2. The highest BCUT2D eigenvalue weighted by molar-refractivity contribution is 5.57. The number of halogens is 3. The second kappa shape index (κ2) is 5.09. The molecule has 0 unspecified atom stereocenters. The summed E-state index contributed by atoms with van der Waals surface area (Å²) in [6, 6.07) is 1.81. The van der Waals surface area contributed by atoms with E-state index in [0.717, 1.165) is 12.1 Å². The van der Waals surface area contributed by atoms with Gasteiger partial charge < -0.3 is 15.2 Å². The monoisotopic (exact) mass is 273 g/mol. The Morgan fingerprint density at radius 1 is 1.32 bits per heavy atom. The summed E-state index contributed by atoms with van der Waals surface area (Å²) in [6.07, 6.45) is 2.94. The van der Waals surface area contributed by atoms with E-state index in [1.165, 1.54) is 17.1 Å². The Morgan fingerprint density at radius 2 is 2.05 bits per heavy atom. The van der Waals surface area contributed by atoms with Crippen molar-refractivity contribution >= 4 is 5.69 Å². The number of anilines is 1. The Hall–Kier alpha value is -2.38. The molecule has 8 heteroatoms. The normalized spacial score (nSPS) is 10.8. The van der Waals surface area contributed by atoms with E-state index in [0.29, 0.717) is 5.75 Å². The molecule has 2 N–H and O–H groups in total. The number of nitrogens with zero attached hydrogens (tertiary/aromatic N) is 2. The average Bonchev–Trinajstić information content (AvgIpc) is 2.70. The zero-order valence-corrected chi connectivity index (χ0v) is 9.81. The minimum absolute atomic E-state index is 0.00468. The van der Waals surface area contributed by atoms with Crippen molar-refractivity contribution in [3.8, 4) is 17.2 Å². The third-order valence-corrected chi connectivity index (χ3v) is 2.19. The third-order valence-electron chi connectivity index (χ3n) is 2.19. The van der Waals surface area contributed by atoms with Gasteiger partial charge in [0, 0.05) is 19.2 Å². The topological polar surface area (TPSA) is 62.3 Å². The summed E-state index contributed by atoms with van der Waals surface area (Å²) in [5.41, 5.74) is 5.50. The smallest absolute Gasteiger partial charge is 0.387 e. The van der Waals surface area contributed by atoms with Gasteiger partial charge >= 0.3 is 6.61 Å². The second-order valence-corrected chi connectivity index (χ2v) is 3.65. The number of hydrogen-bond acceptors (Lipinski definition) is 4. The van der Waals surface area contributed by atoms with Gasteiger partial charge in [-0.2, -0.15) is 13.9 Å². The predicted molar refractivity (Wildman–Crippen MR) is 60.7 cm³/mol. The Bertz CT molecular complexity index is 587. The van der Waals surface area contributed by atoms with Crippen LogP contribution in [0.5, 0.6) is 17.2 Å². The summed E-state index contributed by atoms with van der Waals surface area (Å²) in [4.78, 5) is 0. The Kier molecular flexibility index (Phi) is 3.50. The largest absolute Gasteiger partial charge is 0.452 e. The van der Waals surface area contributed by atoms with Gasteiger partial charge in [-0.3, -0.25) is 4.68 Å². The molecule has 1 aromatic carbocycles. The molecule has 0 aliphatic carbocycles. The molecule has 2 aromatic rings. The summed E-state index contributed by atoms with van der Waals surface area (Å²) >= 11 is 0. The second-order valence-electron chi connectivity index (χ2n) is 3.65. The molecular formula is C11H10F3N3O2. The third kappa shape index (κ3) is 3.09. The minimum atomic E-state index is -3.13. The molecule has 0 fully saturated rings. The Morgan fingerprint density at radius 3 is 2.63 bits per heavy atom. The molecule has 0 radical (unpaired) electrons. The van der Waals surface area contributed by atoms with Gasteiger partial charge in [-0.05, 0) is 0 Å². The molecule has 2 rings (SSSR count). The first-order valence-electron chi connectivity index (χ1n) is 5.16. The molecule has 0 amide bonds. The first kappa shape index (κ1) is 13.1. The van der Waals surface area contributed by atoms with E-state index < -0.39 is 18.2 Å². The van der Waals surface area contributed by atoms with Crippen LogP contribution in [0.4, 0.5) is 18.9 Å².